The third kappa shape index (κ3) is 1.55. The van der Waals surface area contributed by atoms with Crippen molar-refractivity contribution in [3.63, 3.8) is 0 Å². The number of nitrogens with zero attached hydrogens (tertiary/aromatic N) is 1. The Hall–Kier alpha value is -1.62. The van der Waals surface area contributed by atoms with Gasteiger partial charge in [0.1, 0.15) is 5.02 Å². The van der Waals surface area contributed by atoms with Gasteiger partial charge in [-0.3, -0.25) is 5.10 Å². The number of benzene rings is 1. The van der Waals surface area contributed by atoms with Gasteiger partial charge in [0.2, 0.25) is 0 Å². The van der Waals surface area contributed by atoms with Gasteiger partial charge in [-0.05, 0) is 12.1 Å². The molecular formula is C9H6ClF2N3. The molecule has 0 bridgehead atoms. The number of anilines is 1. The zero-order valence-electron chi connectivity index (χ0n) is 7.39. The maximum absolute atomic E-state index is 13.4. The normalized spacial score (nSPS) is 10.6. The zero-order chi connectivity index (χ0) is 11.0. The molecule has 15 heavy (non-hydrogen) atoms. The number of nitrogens with two attached hydrogens (primary N) is 1. The van der Waals surface area contributed by atoms with Crippen LogP contribution in [0.25, 0.3) is 11.3 Å². The van der Waals surface area contributed by atoms with E-state index in [-0.39, 0.29) is 22.1 Å². The van der Waals surface area contributed by atoms with Gasteiger partial charge in [0.05, 0.1) is 5.69 Å². The van der Waals surface area contributed by atoms with Crippen molar-refractivity contribution in [1.29, 1.82) is 0 Å². The molecule has 2 aromatic rings. The molecule has 0 aliphatic carbocycles. The van der Waals surface area contributed by atoms with Crippen LogP contribution < -0.4 is 5.73 Å². The Bertz CT molecular complexity index is 510. The van der Waals surface area contributed by atoms with E-state index in [2.05, 4.69) is 10.2 Å². The Morgan fingerprint density at radius 3 is 2.67 bits per heavy atom. The van der Waals surface area contributed by atoms with E-state index >= 15 is 0 Å². The molecule has 78 valence electrons. The number of nitrogen functional groups attached to an aromatic ring is 1. The first kappa shape index (κ1) is 9.92. The van der Waals surface area contributed by atoms with Crippen LogP contribution in [0.2, 0.25) is 5.02 Å². The third-order valence-corrected chi connectivity index (χ3v) is 2.34. The van der Waals surface area contributed by atoms with E-state index in [4.69, 9.17) is 17.3 Å². The SMILES string of the molecule is Nc1n[nH]c(-c2cccc(F)c2F)c1Cl. The lowest BCUT2D eigenvalue weighted by Crippen LogP contribution is -1.89. The topological polar surface area (TPSA) is 54.7 Å². The van der Waals surface area contributed by atoms with Crippen molar-refractivity contribution in [2.75, 3.05) is 5.73 Å². The summed E-state index contributed by atoms with van der Waals surface area (Å²) < 4.78 is 26.3. The molecule has 0 radical (unpaired) electrons. The number of hydrogen-bond donors (Lipinski definition) is 2. The van der Waals surface area contributed by atoms with Gasteiger partial charge in [-0.15, -0.1) is 0 Å². The van der Waals surface area contributed by atoms with E-state index in [0.717, 1.165) is 6.07 Å². The minimum absolute atomic E-state index is 0.00389. The van der Waals surface area contributed by atoms with E-state index < -0.39 is 11.6 Å². The molecule has 0 fully saturated rings. The summed E-state index contributed by atoms with van der Waals surface area (Å²) in [7, 11) is 0. The van der Waals surface area contributed by atoms with Crippen molar-refractivity contribution in [2.24, 2.45) is 0 Å². The van der Waals surface area contributed by atoms with Crippen LogP contribution in [0.1, 0.15) is 0 Å². The van der Waals surface area contributed by atoms with E-state index in [1.54, 1.807) is 0 Å². The zero-order valence-corrected chi connectivity index (χ0v) is 8.15. The van der Waals surface area contributed by atoms with Crippen LogP contribution in [0.4, 0.5) is 14.6 Å². The van der Waals surface area contributed by atoms with E-state index in [1.165, 1.54) is 12.1 Å². The lowest BCUT2D eigenvalue weighted by Gasteiger charge is -2.01. The van der Waals surface area contributed by atoms with Crippen molar-refractivity contribution < 1.29 is 8.78 Å². The largest absolute Gasteiger partial charge is 0.381 e. The van der Waals surface area contributed by atoms with Gasteiger partial charge in [-0.2, -0.15) is 5.10 Å². The Morgan fingerprint density at radius 2 is 2.07 bits per heavy atom. The van der Waals surface area contributed by atoms with Gasteiger partial charge in [0.15, 0.2) is 17.5 Å². The van der Waals surface area contributed by atoms with Crippen LogP contribution in [-0.2, 0) is 0 Å². The lowest BCUT2D eigenvalue weighted by molar-refractivity contribution is 0.511. The Kier molecular flexibility index (Phi) is 2.32. The first-order chi connectivity index (χ1) is 7.11. The lowest BCUT2D eigenvalue weighted by atomic mass is 10.1. The predicted molar refractivity (Wildman–Crippen MR) is 53.4 cm³/mol. The number of hydrogen-bond acceptors (Lipinski definition) is 2. The van der Waals surface area contributed by atoms with Gasteiger partial charge in [-0.1, -0.05) is 17.7 Å². The Balaban J connectivity index is 2.64. The maximum Gasteiger partial charge on any atom is 0.168 e. The van der Waals surface area contributed by atoms with Crippen molar-refractivity contribution in [3.8, 4) is 11.3 Å². The smallest absolute Gasteiger partial charge is 0.168 e. The van der Waals surface area contributed by atoms with Crippen LogP contribution in [-0.4, -0.2) is 10.2 Å². The van der Waals surface area contributed by atoms with Gasteiger partial charge in [-0.25, -0.2) is 8.78 Å². The number of aromatic amines is 1. The molecule has 6 heteroatoms. The molecule has 0 spiro atoms. The average Bonchev–Trinajstić information content (AvgIpc) is 2.53. The number of rotatable bonds is 1. The van der Waals surface area contributed by atoms with Crippen LogP contribution in [0.3, 0.4) is 0 Å². The van der Waals surface area contributed by atoms with Gasteiger partial charge >= 0.3 is 0 Å². The van der Waals surface area contributed by atoms with Gasteiger partial charge < -0.3 is 5.73 Å². The number of H-pyrrole nitrogens is 1. The number of halogens is 3. The maximum atomic E-state index is 13.4. The highest BCUT2D eigenvalue weighted by molar-refractivity contribution is 6.35. The van der Waals surface area contributed by atoms with Crippen LogP contribution in [0.15, 0.2) is 18.2 Å². The van der Waals surface area contributed by atoms with Crippen LogP contribution in [0, 0.1) is 11.6 Å². The van der Waals surface area contributed by atoms with Crippen molar-refractivity contribution in [3.05, 3.63) is 34.9 Å². The molecule has 0 atom stereocenters. The molecule has 0 unspecified atom stereocenters. The number of aromatic nitrogens is 2. The highest BCUT2D eigenvalue weighted by Crippen LogP contribution is 2.31. The fourth-order valence-electron chi connectivity index (χ4n) is 1.22. The predicted octanol–water partition coefficient (Wildman–Crippen LogP) is 2.59. The van der Waals surface area contributed by atoms with Gasteiger partial charge in [0.25, 0.3) is 0 Å². The fraction of sp³-hybridized carbons (Fsp3) is 0. The molecule has 1 aromatic heterocycles. The summed E-state index contributed by atoms with van der Waals surface area (Å²) in [6.45, 7) is 0. The second-order valence-corrected chi connectivity index (χ2v) is 3.28. The van der Waals surface area contributed by atoms with Gasteiger partial charge in [0, 0.05) is 5.56 Å². The highest BCUT2D eigenvalue weighted by atomic mass is 35.5. The molecule has 0 saturated heterocycles. The van der Waals surface area contributed by atoms with Crippen molar-refractivity contribution in [1.82, 2.24) is 10.2 Å². The molecular weight excluding hydrogens is 224 g/mol. The van der Waals surface area contributed by atoms with Crippen molar-refractivity contribution >= 4 is 17.4 Å². The summed E-state index contributed by atoms with van der Waals surface area (Å²) in [5.41, 5.74) is 5.55. The second-order valence-electron chi connectivity index (χ2n) is 2.90. The second kappa shape index (κ2) is 3.51. The highest BCUT2D eigenvalue weighted by Gasteiger charge is 2.16. The minimum Gasteiger partial charge on any atom is -0.381 e. The van der Waals surface area contributed by atoms with E-state index in [9.17, 15) is 8.78 Å². The Morgan fingerprint density at radius 1 is 1.33 bits per heavy atom. The molecule has 0 aliphatic rings. The third-order valence-electron chi connectivity index (χ3n) is 1.95. The monoisotopic (exact) mass is 229 g/mol. The van der Waals surface area contributed by atoms with Crippen molar-refractivity contribution in [2.45, 2.75) is 0 Å². The molecule has 1 heterocycles. The molecule has 3 N–H and O–H groups in total. The summed E-state index contributed by atoms with van der Waals surface area (Å²) in [6.07, 6.45) is 0. The summed E-state index contributed by atoms with van der Waals surface area (Å²) in [5, 5.41) is 6.12. The average molecular weight is 230 g/mol. The fourth-order valence-corrected chi connectivity index (χ4v) is 1.40. The van der Waals surface area contributed by atoms with E-state index in [0.29, 0.717) is 0 Å². The summed E-state index contributed by atoms with van der Waals surface area (Å²) >= 11 is 5.76. The standard InChI is InChI=1S/C9H6ClF2N3/c10-6-8(14-15-9(6)13)4-2-1-3-5(11)7(4)12/h1-3H,(H3,13,14,15). The summed E-state index contributed by atoms with van der Waals surface area (Å²) in [6, 6.07) is 3.78. The molecule has 0 aliphatic heterocycles. The van der Waals surface area contributed by atoms with E-state index in [1.807, 2.05) is 0 Å². The molecule has 3 nitrogen and oxygen atoms in total. The molecule has 2 rings (SSSR count). The molecule has 1 aromatic carbocycles. The molecule has 0 saturated carbocycles. The minimum atomic E-state index is -0.983. The van der Waals surface area contributed by atoms with Crippen LogP contribution in [0.5, 0.6) is 0 Å². The first-order valence-corrected chi connectivity index (χ1v) is 4.42. The number of nitrogens with one attached hydrogen (secondary N) is 1. The summed E-state index contributed by atoms with van der Waals surface area (Å²) in [5.74, 6) is -1.88. The molecule has 0 amide bonds. The first-order valence-electron chi connectivity index (χ1n) is 4.05. The Labute approximate surface area is 88.9 Å². The van der Waals surface area contributed by atoms with Crippen LogP contribution >= 0.6 is 11.6 Å². The quantitative estimate of drug-likeness (QED) is 0.790. The summed E-state index contributed by atoms with van der Waals surface area (Å²) in [4.78, 5) is 0.